The largest absolute Gasteiger partial charge is 0.507 e. The number of benzene rings is 1. The van der Waals surface area contributed by atoms with Gasteiger partial charge in [-0.3, -0.25) is 0 Å². The molecular weight excluding hydrogens is 254 g/mol. The Kier molecular flexibility index (Phi) is 2.89. The summed E-state index contributed by atoms with van der Waals surface area (Å²) < 4.78 is 59.5. The van der Waals surface area contributed by atoms with E-state index in [0.29, 0.717) is 12.0 Å². The lowest BCUT2D eigenvalue weighted by atomic mass is 10.1. The third-order valence-electron chi connectivity index (χ3n) is 2.38. The minimum absolute atomic E-state index is 0.186. The van der Waals surface area contributed by atoms with E-state index in [2.05, 4.69) is 9.47 Å². The average molecular weight is 265 g/mol. The monoisotopic (exact) mass is 265 g/mol. The minimum atomic E-state index is -4.69. The molecule has 0 saturated heterocycles. The number of halogens is 4. The number of alkyl halides is 4. The minimum Gasteiger partial charge on any atom is -0.421 e. The normalized spacial score (nSPS) is 21.4. The summed E-state index contributed by atoms with van der Waals surface area (Å²) in [6.07, 6.45) is -8.95. The van der Waals surface area contributed by atoms with Crippen LogP contribution in [0.3, 0.4) is 0 Å². The summed E-state index contributed by atoms with van der Waals surface area (Å²) in [5.74, 6) is -0.830. The van der Waals surface area contributed by atoms with Gasteiger partial charge in [0.05, 0.1) is 0 Å². The summed E-state index contributed by atoms with van der Waals surface area (Å²) in [5, 5.41) is 0. The fourth-order valence-electron chi connectivity index (χ4n) is 1.61. The quantitative estimate of drug-likeness (QED) is 0.836. The molecule has 0 aliphatic carbocycles. The Labute approximate surface area is 100 Å². The first-order valence-corrected chi connectivity index (χ1v) is 5.23. The number of hydrogen-bond acceptors (Lipinski definition) is 3. The van der Waals surface area contributed by atoms with Gasteiger partial charge in [0.15, 0.2) is 11.5 Å². The van der Waals surface area contributed by atoms with E-state index < -0.39 is 23.7 Å². The molecule has 7 heteroatoms. The number of nitrogens with two attached hydrogens (primary N) is 1. The Balaban J connectivity index is 2.33. The Morgan fingerprint density at radius 1 is 1.11 bits per heavy atom. The second-order valence-electron chi connectivity index (χ2n) is 4.20. The van der Waals surface area contributed by atoms with Crippen molar-refractivity contribution in [2.75, 3.05) is 0 Å². The topological polar surface area (TPSA) is 44.5 Å². The van der Waals surface area contributed by atoms with Gasteiger partial charge in [0.25, 0.3) is 0 Å². The zero-order valence-corrected chi connectivity index (χ0v) is 9.42. The molecular formula is C11H11F4NO2. The van der Waals surface area contributed by atoms with E-state index in [0.717, 1.165) is 6.07 Å². The first-order chi connectivity index (χ1) is 8.21. The SMILES string of the molecule is CC(N)Cc1ccc2c(c1)OC(F)(F)C(F)(F)O2. The van der Waals surface area contributed by atoms with Crippen LogP contribution in [0.4, 0.5) is 17.6 Å². The predicted molar refractivity (Wildman–Crippen MR) is 54.9 cm³/mol. The molecule has 1 unspecified atom stereocenters. The molecule has 1 aromatic rings. The number of hydrogen-bond donors (Lipinski definition) is 1. The molecule has 1 aromatic carbocycles. The third kappa shape index (κ3) is 2.22. The van der Waals surface area contributed by atoms with E-state index in [-0.39, 0.29) is 6.04 Å². The van der Waals surface area contributed by atoms with Crippen LogP contribution in [0, 0.1) is 0 Å². The molecule has 0 radical (unpaired) electrons. The molecule has 0 spiro atoms. The van der Waals surface area contributed by atoms with Crippen LogP contribution < -0.4 is 15.2 Å². The third-order valence-corrected chi connectivity index (χ3v) is 2.38. The Morgan fingerprint density at radius 3 is 2.22 bits per heavy atom. The Morgan fingerprint density at radius 2 is 1.67 bits per heavy atom. The molecule has 0 aromatic heterocycles. The average Bonchev–Trinajstić information content (AvgIpc) is 2.18. The maximum atomic E-state index is 12.9. The first-order valence-electron chi connectivity index (χ1n) is 5.23. The fourth-order valence-corrected chi connectivity index (χ4v) is 1.61. The highest BCUT2D eigenvalue weighted by Gasteiger charge is 2.65. The molecule has 18 heavy (non-hydrogen) atoms. The van der Waals surface area contributed by atoms with Crippen molar-refractivity contribution in [3.63, 3.8) is 0 Å². The van der Waals surface area contributed by atoms with Gasteiger partial charge in [0, 0.05) is 6.04 Å². The lowest BCUT2D eigenvalue weighted by Crippen LogP contribution is -2.52. The van der Waals surface area contributed by atoms with Crippen molar-refractivity contribution >= 4 is 0 Å². The van der Waals surface area contributed by atoms with Crippen LogP contribution in [0.1, 0.15) is 12.5 Å². The standard InChI is InChI=1S/C11H11F4NO2/c1-6(16)4-7-2-3-8-9(5-7)18-11(14,15)10(12,13)17-8/h2-3,5-6H,4,16H2,1H3. The smallest absolute Gasteiger partial charge is 0.421 e. The summed E-state index contributed by atoms with van der Waals surface area (Å²) in [4.78, 5) is 0. The molecule has 0 bridgehead atoms. The van der Waals surface area contributed by atoms with Gasteiger partial charge in [-0.2, -0.15) is 17.6 Å². The van der Waals surface area contributed by atoms with Crippen LogP contribution >= 0.6 is 0 Å². The fraction of sp³-hybridized carbons (Fsp3) is 0.455. The zero-order valence-electron chi connectivity index (χ0n) is 9.42. The molecule has 1 atom stereocenters. The van der Waals surface area contributed by atoms with E-state index in [9.17, 15) is 17.6 Å². The van der Waals surface area contributed by atoms with Crippen LogP contribution in [-0.2, 0) is 6.42 Å². The molecule has 2 rings (SSSR count). The number of ether oxygens (including phenoxy) is 2. The molecule has 1 aliphatic heterocycles. The molecule has 0 fully saturated rings. The molecule has 1 aliphatic rings. The van der Waals surface area contributed by atoms with E-state index in [1.165, 1.54) is 12.1 Å². The maximum absolute atomic E-state index is 12.9. The van der Waals surface area contributed by atoms with Crippen LogP contribution in [0.25, 0.3) is 0 Å². The lowest BCUT2D eigenvalue weighted by molar-refractivity contribution is -0.391. The van der Waals surface area contributed by atoms with Crippen molar-refractivity contribution in [3.05, 3.63) is 23.8 Å². The molecule has 3 nitrogen and oxygen atoms in total. The molecule has 0 amide bonds. The van der Waals surface area contributed by atoms with Crippen LogP contribution in [-0.4, -0.2) is 18.3 Å². The van der Waals surface area contributed by atoms with Crippen LogP contribution in [0.15, 0.2) is 18.2 Å². The van der Waals surface area contributed by atoms with E-state index in [1.807, 2.05) is 0 Å². The highest BCUT2D eigenvalue weighted by Crippen LogP contribution is 2.46. The van der Waals surface area contributed by atoms with Crippen LogP contribution in [0.5, 0.6) is 11.5 Å². The van der Waals surface area contributed by atoms with Crippen molar-refractivity contribution in [1.82, 2.24) is 0 Å². The molecule has 100 valence electrons. The highest BCUT2D eigenvalue weighted by atomic mass is 19.3. The van der Waals surface area contributed by atoms with Crippen molar-refractivity contribution in [2.24, 2.45) is 5.73 Å². The van der Waals surface area contributed by atoms with Gasteiger partial charge in [-0.05, 0) is 31.0 Å². The van der Waals surface area contributed by atoms with Crippen molar-refractivity contribution in [2.45, 2.75) is 31.6 Å². The van der Waals surface area contributed by atoms with E-state index in [4.69, 9.17) is 5.73 Å². The van der Waals surface area contributed by atoms with Gasteiger partial charge < -0.3 is 15.2 Å². The number of rotatable bonds is 2. The lowest BCUT2D eigenvalue weighted by Gasteiger charge is -2.32. The highest BCUT2D eigenvalue weighted by molar-refractivity contribution is 5.45. The summed E-state index contributed by atoms with van der Waals surface area (Å²) in [6, 6.07) is 3.68. The van der Waals surface area contributed by atoms with E-state index in [1.54, 1.807) is 6.92 Å². The summed E-state index contributed by atoms with van der Waals surface area (Å²) in [6.45, 7) is 1.74. The van der Waals surface area contributed by atoms with Gasteiger partial charge in [-0.1, -0.05) is 6.07 Å². The molecule has 1 heterocycles. The molecule has 0 saturated carbocycles. The van der Waals surface area contributed by atoms with Crippen LogP contribution in [0.2, 0.25) is 0 Å². The van der Waals surface area contributed by atoms with E-state index >= 15 is 0 Å². The van der Waals surface area contributed by atoms with Gasteiger partial charge in [0.1, 0.15) is 0 Å². The van der Waals surface area contributed by atoms with Crippen molar-refractivity contribution in [3.8, 4) is 11.5 Å². The Hall–Kier alpha value is -1.50. The molecule has 2 N–H and O–H groups in total. The van der Waals surface area contributed by atoms with Crippen molar-refractivity contribution < 1.29 is 27.0 Å². The Bertz CT molecular complexity index is 462. The second kappa shape index (κ2) is 4.01. The first kappa shape index (κ1) is 12.9. The van der Waals surface area contributed by atoms with Gasteiger partial charge >= 0.3 is 12.2 Å². The van der Waals surface area contributed by atoms with Crippen molar-refractivity contribution in [1.29, 1.82) is 0 Å². The summed E-state index contributed by atoms with van der Waals surface area (Å²) in [7, 11) is 0. The second-order valence-corrected chi connectivity index (χ2v) is 4.20. The number of fused-ring (bicyclic) bond motifs is 1. The maximum Gasteiger partial charge on any atom is 0.507 e. The zero-order chi connectivity index (χ0) is 13.6. The van der Waals surface area contributed by atoms with Gasteiger partial charge in [-0.15, -0.1) is 0 Å². The van der Waals surface area contributed by atoms with Gasteiger partial charge in [0.2, 0.25) is 0 Å². The predicted octanol–water partition coefficient (Wildman–Crippen LogP) is 2.53. The summed E-state index contributed by atoms with van der Waals surface area (Å²) >= 11 is 0. The van der Waals surface area contributed by atoms with Gasteiger partial charge in [-0.25, -0.2) is 0 Å². The summed E-state index contributed by atoms with van der Waals surface area (Å²) in [5.41, 5.74) is 6.16.